The van der Waals surface area contributed by atoms with E-state index in [9.17, 15) is 51.3 Å². The number of rotatable bonds is 2. The summed E-state index contributed by atoms with van der Waals surface area (Å²) in [7, 11) is -6.38. The number of esters is 3. The normalized spacial score (nSPS) is 52.8. The minimum Gasteiger partial charge on any atom is -0.456 e. The molecule has 3 unspecified atom stereocenters. The fourth-order valence-corrected chi connectivity index (χ4v) is 9.14. The van der Waals surface area contributed by atoms with Crippen molar-refractivity contribution in [2.75, 3.05) is 0 Å². The smallest absolute Gasteiger partial charge is 0.456 e. The van der Waals surface area contributed by atoms with Crippen LogP contribution in [-0.4, -0.2) is 95.2 Å². The fourth-order valence-electron chi connectivity index (χ4n) is 8.53. The van der Waals surface area contributed by atoms with E-state index < -0.39 is 110 Å². The highest BCUT2D eigenvalue weighted by molar-refractivity contribution is 7.87. The van der Waals surface area contributed by atoms with Crippen molar-refractivity contribution >= 4 is 28.0 Å². The minimum atomic E-state index is -6.38. The first-order valence-corrected chi connectivity index (χ1v) is 13.0. The van der Waals surface area contributed by atoms with Gasteiger partial charge in [0, 0.05) is 5.92 Å². The SMILES string of the molecule is C[C@@H]1C(=O)OC2[C@H](O)C34[C@@H]5OC(=O)[C@@]3(O[C@@H]3OC(=O)[C@H](O)C34[C@H](C(C)(C)C)[C@H]5OS(=O)(=O)C(F)(F)F)[C@]21O. The Morgan fingerprint density at radius 1 is 0.974 bits per heavy atom. The quantitative estimate of drug-likeness (QED) is 0.150. The van der Waals surface area contributed by atoms with Crippen molar-refractivity contribution in [1.82, 2.24) is 0 Å². The van der Waals surface area contributed by atoms with E-state index in [1.807, 2.05) is 0 Å². The van der Waals surface area contributed by atoms with E-state index in [1.165, 1.54) is 20.8 Å². The second kappa shape index (κ2) is 6.63. The number of carbonyl (C=O) groups excluding carboxylic acids is 3. The third-order valence-electron chi connectivity index (χ3n) is 9.45. The van der Waals surface area contributed by atoms with Gasteiger partial charge in [-0.25, -0.2) is 9.59 Å². The van der Waals surface area contributed by atoms with Crippen LogP contribution in [0.3, 0.4) is 0 Å². The lowest BCUT2D eigenvalue weighted by atomic mass is 9.51. The predicted octanol–water partition coefficient (Wildman–Crippen LogP) is -1.52. The number of aliphatic hydroxyl groups excluding tert-OH is 2. The van der Waals surface area contributed by atoms with E-state index in [1.54, 1.807) is 0 Å². The average molecular weight is 572 g/mol. The summed E-state index contributed by atoms with van der Waals surface area (Å²) in [6.07, 6.45) is -12.9. The maximum atomic E-state index is 13.6. The topological polar surface area (TPSA) is 192 Å². The molecule has 2 saturated carbocycles. The molecule has 0 radical (unpaired) electrons. The summed E-state index contributed by atoms with van der Waals surface area (Å²) >= 11 is 0. The highest BCUT2D eigenvalue weighted by Gasteiger charge is 3.05. The molecule has 4 aliphatic heterocycles. The van der Waals surface area contributed by atoms with Gasteiger partial charge in [0.15, 0.2) is 17.8 Å². The molecule has 6 aliphatic rings. The molecule has 2 aliphatic carbocycles. The maximum Gasteiger partial charge on any atom is 0.523 e. The minimum absolute atomic E-state index is 1.05. The molecule has 4 heterocycles. The van der Waals surface area contributed by atoms with Crippen molar-refractivity contribution in [3.8, 4) is 0 Å². The molecule has 0 aromatic carbocycles. The number of ether oxygens (including phenoxy) is 4. The zero-order valence-electron chi connectivity index (χ0n) is 20.1. The first kappa shape index (κ1) is 26.2. The summed E-state index contributed by atoms with van der Waals surface area (Å²) in [6.45, 7) is 5.42. The van der Waals surface area contributed by atoms with Gasteiger partial charge < -0.3 is 34.3 Å². The molecule has 13 nitrogen and oxygen atoms in total. The van der Waals surface area contributed by atoms with E-state index in [4.69, 9.17) is 23.1 Å². The molecule has 0 bridgehead atoms. The molecule has 38 heavy (non-hydrogen) atoms. The molecule has 212 valence electrons. The van der Waals surface area contributed by atoms with Crippen LogP contribution in [0.15, 0.2) is 0 Å². The van der Waals surface area contributed by atoms with Crippen LogP contribution in [-0.2, 0) is 47.6 Å². The Labute approximate surface area is 212 Å². The highest BCUT2D eigenvalue weighted by atomic mass is 32.2. The van der Waals surface area contributed by atoms with Gasteiger partial charge in [0.05, 0.1) is 16.7 Å². The van der Waals surface area contributed by atoms with Gasteiger partial charge in [-0.2, -0.15) is 21.6 Å². The Balaban J connectivity index is 1.71. The van der Waals surface area contributed by atoms with Crippen LogP contribution in [0.2, 0.25) is 0 Å². The molecule has 6 rings (SSSR count). The Morgan fingerprint density at radius 3 is 2.13 bits per heavy atom. The number of aliphatic hydroxyl groups is 3. The molecule has 0 aromatic heterocycles. The van der Waals surface area contributed by atoms with Crippen molar-refractivity contribution in [1.29, 1.82) is 0 Å². The molecule has 17 heteroatoms. The molecule has 12 atom stereocenters. The van der Waals surface area contributed by atoms with Crippen molar-refractivity contribution in [2.45, 2.75) is 81.2 Å². The van der Waals surface area contributed by atoms with Crippen LogP contribution in [0.5, 0.6) is 0 Å². The average Bonchev–Trinajstić information content (AvgIpc) is 3.46. The first-order chi connectivity index (χ1) is 17.2. The molecule has 0 aromatic rings. The lowest BCUT2D eigenvalue weighted by Crippen LogP contribution is -2.67. The van der Waals surface area contributed by atoms with Crippen LogP contribution < -0.4 is 0 Å². The van der Waals surface area contributed by atoms with Gasteiger partial charge in [-0.3, -0.25) is 8.98 Å². The summed E-state index contributed by atoms with van der Waals surface area (Å²) in [5.74, 6) is -7.11. The summed E-state index contributed by atoms with van der Waals surface area (Å²) in [6, 6.07) is 0. The Bertz CT molecular complexity index is 1290. The van der Waals surface area contributed by atoms with Gasteiger partial charge >= 0.3 is 33.5 Å². The van der Waals surface area contributed by atoms with Crippen molar-refractivity contribution in [3.63, 3.8) is 0 Å². The summed E-state index contributed by atoms with van der Waals surface area (Å²) in [5.41, 5.74) is -17.8. The van der Waals surface area contributed by atoms with E-state index in [2.05, 4.69) is 0 Å². The monoisotopic (exact) mass is 572 g/mol. The van der Waals surface area contributed by atoms with Gasteiger partial charge in [0.1, 0.15) is 18.3 Å². The Morgan fingerprint density at radius 2 is 1.58 bits per heavy atom. The summed E-state index contributed by atoms with van der Waals surface area (Å²) in [5, 5.41) is 35.1. The molecule has 2 spiro atoms. The van der Waals surface area contributed by atoms with Gasteiger partial charge in [-0.15, -0.1) is 0 Å². The first-order valence-electron chi connectivity index (χ1n) is 11.6. The van der Waals surface area contributed by atoms with Gasteiger partial charge in [-0.1, -0.05) is 20.8 Å². The van der Waals surface area contributed by atoms with Gasteiger partial charge in [0.25, 0.3) is 0 Å². The molecule has 4 saturated heterocycles. The number of alkyl halides is 3. The summed E-state index contributed by atoms with van der Waals surface area (Å²) < 4.78 is 91.4. The van der Waals surface area contributed by atoms with Crippen molar-refractivity contribution in [2.24, 2.45) is 28.1 Å². The van der Waals surface area contributed by atoms with Crippen LogP contribution in [0.1, 0.15) is 27.7 Å². The number of halogens is 3. The predicted molar refractivity (Wildman–Crippen MR) is 107 cm³/mol. The van der Waals surface area contributed by atoms with Crippen LogP contribution in [0, 0.1) is 28.1 Å². The van der Waals surface area contributed by atoms with Gasteiger partial charge in [0.2, 0.25) is 11.9 Å². The zero-order chi connectivity index (χ0) is 28.4. The maximum absolute atomic E-state index is 13.6. The van der Waals surface area contributed by atoms with Crippen LogP contribution in [0.25, 0.3) is 0 Å². The van der Waals surface area contributed by atoms with E-state index in [0.29, 0.717) is 0 Å². The second-order valence-electron chi connectivity index (χ2n) is 11.8. The fraction of sp³-hybridized carbons (Fsp3) is 0.857. The number of hydrogen-bond acceptors (Lipinski definition) is 13. The molecule has 6 fully saturated rings. The number of hydrogen-bond donors (Lipinski definition) is 3. The highest BCUT2D eigenvalue weighted by Crippen LogP contribution is 2.84. The molecular formula is C21H23F3O13S. The largest absolute Gasteiger partial charge is 0.523 e. The van der Waals surface area contributed by atoms with E-state index >= 15 is 0 Å². The van der Waals surface area contributed by atoms with Crippen LogP contribution in [0.4, 0.5) is 13.2 Å². The van der Waals surface area contributed by atoms with Crippen molar-refractivity contribution < 1.29 is 74.4 Å². The second-order valence-corrected chi connectivity index (χ2v) is 13.3. The van der Waals surface area contributed by atoms with E-state index in [-0.39, 0.29) is 0 Å². The lowest BCUT2D eigenvalue weighted by molar-refractivity contribution is -0.240. The lowest BCUT2D eigenvalue weighted by Gasteiger charge is -2.47. The number of carbonyl (C=O) groups is 3. The number of fused-ring (bicyclic) bond motifs is 1. The third-order valence-corrected chi connectivity index (χ3v) is 10.5. The molecular weight excluding hydrogens is 549 g/mol. The van der Waals surface area contributed by atoms with Gasteiger partial charge in [-0.05, 0) is 12.3 Å². The van der Waals surface area contributed by atoms with Crippen molar-refractivity contribution in [3.05, 3.63) is 0 Å². The van der Waals surface area contributed by atoms with Crippen LogP contribution >= 0.6 is 0 Å². The summed E-state index contributed by atoms with van der Waals surface area (Å²) in [4.78, 5) is 38.9. The molecule has 0 amide bonds. The molecule has 3 N–H and O–H groups in total. The van der Waals surface area contributed by atoms with E-state index in [0.717, 1.165) is 6.92 Å². The third kappa shape index (κ3) is 2.18. The Hall–Kier alpha value is -2.05. The zero-order valence-corrected chi connectivity index (χ0v) is 20.9. The Kier molecular flexibility index (Phi) is 4.57. The standard InChI is InChI=1S/C21H23F3O13S/c1-5-12(27)33-11-8(25)18-10-6(37-38(31,32)21(22,23)24)7(16(2,3)4)17(18)9(26)13(28)35-15(17)36-20(18,14(29)34-10)19(5,11)30/h5-11,15,25-26,30H,1-4H3/t5-,6-,7+,8+,9+,10-,11?,15+,17?,18?,19-,20+/m1/s1.